The number of hydrogen-bond donors (Lipinski definition) is 2. The molecule has 1 aromatic heterocycles. The minimum absolute atomic E-state index is 0.684. The fraction of sp³-hybridized carbons (Fsp3) is 0.300. The van der Waals surface area contributed by atoms with Crippen LogP contribution in [0.3, 0.4) is 0 Å². The van der Waals surface area contributed by atoms with Gasteiger partial charge in [0, 0.05) is 11.1 Å². The molecule has 25 heavy (non-hydrogen) atoms. The van der Waals surface area contributed by atoms with Crippen molar-refractivity contribution in [1.29, 1.82) is 0 Å². The van der Waals surface area contributed by atoms with E-state index in [1.165, 1.54) is 23.6 Å². The van der Waals surface area contributed by atoms with Gasteiger partial charge in [0.1, 0.15) is 32.7 Å². The van der Waals surface area contributed by atoms with Crippen LogP contribution in [0, 0.1) is 0 Å². The maximum Gasteiger partial charge on any atom is 0.282 e. The predicted octanol–water partition coefficient (Wildman–Crippen LogP) is 0.220. The normalized spacial score (nSPS) is 20.5. The van der Waals surface area contributed by atoms with Gasteiger partial charge >= 0.3 is 0 Å². The minimum atomic E-state index is 0.684. The van der Waals surface area contributed by atoms with Gasteiger partial charge in [-0.05, 0) is 0 Å². The number of piperazine rings is 1. The van der Waals surface area contributed by atoms with Crippen molar-refractivity contribution in [2.75, 3.05) is 26.2 Å². The first-order valence-corrected chi connectivity index (χ1v) is 8.96. The Bertz CT molecular complexity index is 780. The Labute approximate surface area is 147 Å². The molecule has 1 aliphatic rings. The molecule has 0 atom stereocenters. The van der Waals surface area contributed by atoms with E-state index in [-0.39, 0.29) is 0 Å². The number of quaternary nitrogens is 2. The van der Waals surface area contributed by atoms with Crippen molar-refractivity contribution >= 4 is 0 Å². The van der Waals surface area contributed by atoms with Crippen molar-refractivity contribution in [3.05, 3.63) is 72.1 Å². The topological polar surface area (TPSA) is 47.8 Å². The van der Waals surface area contributed by atoms with Gasteiger partial charge in [0.15, 0.2) is 6.54 Å². The van der Waals surface area contributed by atoms with Crippen LogP contribution < -0.4 is 9.80 Å². The number of hydrogen-bond acceptors (Lipinski definition) is 3. The van der Waals surface area contributed by atoms with Crippen LogP contribution in [0.4, 0.5) is 0 Å². The number of nitrogens with one attached hydrogen (secondary N) is 2. The largest absolute Gasteiger partial charge is 0.333 e. The molecule has 0 aliphatic carbocycles. The fourth-order valence-electron chi connectivity index (χ4n) is 3.44. The second-order valence-corrected chi connectivity index (χ2v) is 6.72. The monoisotopic (exact) mass is 336 g/mol. The number of aromatic nitrogens is 2. The maximum atomic E-state index is 5.46. The smallest absolute Gasteiger partial charge is 0.282 e. The molecule has 0 saturated carbocycles. The second kappa shape index (κ2) is 7.59. The highest BCUT2D eigenvalue weighted by Gasteiger charge is 2.25. The lowest BCUT2D eigenvalue weighted by Gasteiger charge is -2.28. The lowest BCUT2D eigenvalue weighted by atomic mass is 10.2. The molecule has 2 N–H and O–H groups in total. The summed E-state index contributed by atoms with van der Waals surface area (Å²) in [6.07, 6.45) is 0. The molecule has 2 aromatic carbocycles. The van der Waals surface area contributed by atoms with Gasteiger partial charge in [-0.1, -0.05) is 65.8 Å². The van der Waals surface area contributed by atoms with E-state index in [0.29, 0.717) is 5.82 Å². The van der Waals surface area contributed by atoms with Crippen LogP contribution in [0.5, 0.6) is 0 Å². The summed E-state index contributed by atoms with van der Waals surface area (Å²) in [5.74, 6) is 1.42. The molecular weight excluding hydrogens is 312 g/mol. The predicted molar refractivity (Wildman–Crippen MR) is 95.0 cm³/mol. The van der Waals surface area contributed by atoms with Gasteiger partial charge in [-0.2, -0.15) is 4.98 Å². The summed E-state index contributed by atoms with van der Waals surface area (Å²) in [5.41, 5.74) is 2.43. The molecule has 0 radical (unpaired) electrons. The SMILES string of the molecule is c1ccc(C[NH+]2CC[NH+](Cc3nc(-c4ccccc4)no3)CC2)cc1. The van der Waals surface area contributed by atoms with Crippen LogP contribution in [0.15, 0.2) is 65.2 Å². The van der Waals surface area contributed by atoms with Gasteiger partial charge in [-0.15, -0.1) is 0 Å². The molecule has 5 heteroatoms. The summed E-state index contributed by atoms with van der Waals surface area (Å²) in [7, 11) is 0. The number of benzene rings is 2. The molecule has 4 rings (SSSR count). The van der Waals surface area contributed by atoms with Gasteiger partial charge in [-0.25, -0.2) is 0 Å². The molecule has 0 unspecified atom stereocenters. The number of nitrogens with zero attached hydrogens (tertiary/aromatic N) is 2. The first-order chi connectivity index (χ1) is 12.4. The molecular formula is C20H24N4O+2. The van der Waals surface area contributed by atoms with E-state index >= 15 is 0 Å². The quantitative estimate of drug-likeness (QED) is 0.701. The van der Waals surface area contributed by atoms with Crippen molar-refractivity contribution < 1.29 is 14.3 Å². The van der Waals surface area contributed by atoms with Crippen molar-refractivity contribution in [1.82, 2.24) is 10.1 Å². The molecule has 0 spiro atoms. The lowest BCUT2D eigenvalue weighted by Crippen LogP contribution is -3.27. The zero-order valence-electron chi connectivity index (χ0n) is 14.3. The molecule has 2 heterocycles. The maximum absolute atomic E-state index is 5.46. The van der Waals surface area contributed by atoms with Crippen LogP contribution in [0.1, 0.15) is 11.5 Å². The molecule has 1 aliphatic heterocycles. The zero-order valence-corrected chi connectivity index (χ0v) is 14.3. The van der Waals surface area contributed by atoms with E-state index < -0.39 is 0 Å². The molecule has 0 bridgehead atoms. The Balaban J connectivity index is 1.30. The highest BCUT2D eigenvalue weighted by Crippen LogP contribution is 2.14. The standard InChI is InChI=1S/C20H22N4O/c1-3-7-17(8-4-1)15-23-11-13-24(14-12-23)16-19-21-20(22-25-19)18-9-5-2-6-10-18/h1-10H,11-16H2/p+2. The molecule has 1 fully saturated rings. The third-order valence-corrected chi connectivity index (χ3v) is 4.86. The van der Waals surface area contributed by atoms with E-state index in [2.05, 4.69) is 40.5 Å². The Kier molecular flexibility index (Phi) is 4.86. The molecule has 3 aromatic rings. The Morgan fingerprint density at radius 2 is 1.36 bits per heavy atom. The molecule has 128 valence electrons. The van der Waals surface area contributed by atoms with Gasteiger partial charge < -0.3 is 14.3 Å². The van der Waals surface area contributed by atoms with Gasteiger partial charge in [0.2, 0.25) is 5.82 Å². The first-order valence-electron chi connectivity index (χ1n) is 8.96. The highest BCUT2D eigenvalue weighted by molar-refractivity contribution is 5.53. The van der Waals surface area contributed by atoms with Crippen molar-refractivity contribution in [2.24, 2.45) is 0 Å². The van der Waals surface area contributed by atoms with Crippen LogP contribution in [-0.2, 0) is 13.1 Å². The molecule has 0 amide bonds. The Morgan fingerprint density at radius 1 is 0.760 bits per heavy atom. The summed E-state index contributed by atoms with van der Waals surface area (Å²) in [6.45, 7) is 6.59. The third kappa shape index (κ3) is 4.13. The van der Waals surface area contributed by atoms with Crippen molar-refractivity contribution in [3.8, 4) is 11.4 Å². The van der Waals surface area contributed by atoms with E-state index in [0.717, 1.165) is 37.6 Å². The summed E-state index contributed by atoms with van der Waals surface area (Å²) in [5, 5.41) is 4.12. The summed E-state index contributed by atoms with van der Waals surface area (Å²) < 4.78 is 5.46. The summed E-state index contributed by atoms with van der Waals surface area (Å²) >= 11 is 0. The highest BCUT2D eigenvalue weighted by atomic mass is 16.5. The first kappa shape index (κ1) is 16.0. The Hall–Kier alpha value is -2.50. The average molecular weight is 336 g/mol. The van der Waals surface area contributed by atoms with E-state index in [9.17, 15) is 0 Å². The fourth-order valence-corrected chi connectivity index (χ4v) is 3.44. The second-order valence-electron chi connectivity index (χ2n) is 6.72. The Morgan fingerprint density at radius 3 is 2.04 bits per heavy atom. The van der Waals surface area contributed by atoms with Crippen LogP contribution in [0.2, 0.25) is 0 Å². The zero-order chi connectivity index (χ0) is 16.9. The van der Waals surface area contributed by atoms with Crippen molar-refractivity contribution in [2.45, 2.75) is 13.1 Å². The van der Waals surface area contributed by atoms with Crippen LogP contribution in [0.25, 0.3) is 11.4 Å². The van der Waals surface area contributed by atoms with Crippen molar-refractivity contribution in [3.63, 3.8) is 0 Å². The minimum Gasteiger partial charge on any atom is -0.333 e. The van der Waals surface area contributed by atoms with E-state index in [4.69, 9.17) is 4.52 Å². The summed E-state index contributed by atoms with van der Waals surface area (Å²) in [4.78, 5) is 7.74. The third-order valence-electron chi connectivity index (χ3n) is 4.86. The van der Waals surface area contributed by atoms with Gasteiger partial charge in [0.05, 0.1) is 0 Å². The molecule has 1 saturated heterocycles. The number of rotatable bonds is 5. The summed E-state index contributed by atoms with van der Waals surface area (Å²) in [6, 6.07) is 20.7. The van der Waals surface area contributed by atoms with Crippen LogP contribution in [-0.4, -0.2) is 36.3 Å². The average Bonchev–Trinajstić information content (AvgIpc) is 3.14. The van der Waals surface area contributed by atoms with E-state index in [1.54, 1.807) is 4.90 Å². The van der Waals surface area contributed by atoms with Gasteiger partial charge in [-0.3, -0.25) is 0 Å². The van der Waals surface area contributed by atoms with Gasteiger partial charge in [0.25, 0.3) is 5.89 Å². The molecule has 5 nitrogen and oxygen atoms in total. The van der Waals surface area contributed by atoms with Crippen LogP contribution >= 0.6 is 0 Å². The lowest BCUT2D eigenvalue weighted by molar-refractivity contribution is -1.02. The van der Waals surface area contributed by atoms with E-state index in [1.807, 2.05) is 30.3 Å².